The number of hydrogen-bond donors (Lipinski definition) is 1. The normalized spacial score (nSPS) is 17.8. The van der Waals surface area contributed by atoms with Crippen LogP contribution in [0.15, 0.2) is 9.32 Å². The van der Waals surface area contributed by atoms with E-state index >= 15 is 0 Å². The van der Waals surface area contributed by atoms with Crippen LogP contribution >= 0.6 is 0 Å². The molecule has 5 nitrogen and oxygen atoms in total. The third-order valence-corrected chi connectivity index (χ3v) is 3.43. The molecular formula is C11H19N3O2. The lowest BCUT2D eigenvalue weighted by Gasteiger charge is -2.21. The van der Waals surface area contributed by atoms with Crippen molar-refractivity contribution in [2.24, 2.45) is 5.92 Å². The summed E-state index contributed by atoms with van der Waals surface area (Å²) in [5.41, 5.74) is 5.52. The van der Waals surface area contributed by atoms with Gasteiger partial charge in [-0.2, -0.15) is 0 Å². The van der Waals surface area contributed by atoms with Crippen LogP contribution in [0.1, 0.15) is 44.9 Å². The molecule has 1 aliphatic rings. The van der Waals surface area contributed by atoms with Crippen LogP contribution in [0.2, 0.25) is 0 Å². The van der Waals surface area contributed by atoms with E-state index in [4.69, 9.17) is 5.73 Å². The summed E-state index contributed by atoms with van der Waals surface area (Å²) in [6, 6.07) is 0. The monoisotopic (exact) mass is 225 g/mol. The second-order valence-electron chi connectivity index (χ2n) is 4.60. The van der Waals surface area contributed by atoms with Crippen LogP contribution in [0.25, 0.3) is 0 Å². The molecule has 0 amide bonds. The molecule has 0 saturated heterocycles. The van der Waals surface area contributed by atoms with Crippen LogP contribution in [0.3, 0.4) is 0 Å². The number of nitrogen functional groups attached to an aromatic ring is 1. The fourth-order valence-corrected chi connectivity index (χ4v) is 2.50. The van der Waals surface area contributed by atoms with Crippen molar-refractivity contribution >= 4 is 5.95 Å². The summed E-state index contributed by atoms with van der Waals surface area (Å²) in [6.45, 7) is 0.630. The molecule has 16 heavy (non-hydrogen) atoms. The minimum Gasteiger partial charge on any atom is -0.367 e. The maximum absolute atomic E-state index is 11.2. The first-order valence-corrected chi connectivity index (χ1v) is 6.09. The molecule has 90 valence electrons. The molecule has 0 spiro atoms. The zero-order valence-corrected chi connectivity index (χ0v) is 9.52. The Hall–Kier alpha value is -1.26. The summed E-state index contributed by atoms with van der Waals surface area (Å²) in [4.78, 5) is 11.2. The second kappa shape index (κ2) is 5.18. The van der Waals surface area contributed by atoms with Crippen molar-refractivity contribution in [1.29, 1.82) is 0 Å². The molecule has 0 radical (unpaired) electrons. The lowest BCUT2D eigenvalue weighted by Crippen LogP contribution is -2.17. The highest BCUT2D eigenvalue weighted by Crippen LogP contribution is 2.27. The number of nitrogens with zero attached hydrogens (tertiary/aromatic N) is 2. The van der Waals surface area contributed by atoms with Crippen LogP contribution in [0.4, 0.5) is 5.95 Å². The second-order valence-corrected chi connectivity index (χ2v) is 4.60. The number of nitrogens with two attached hydrogens (primary N) is 1. The zero-order valence-electron chi connectivity index (χ0n) is 9.52. The predicted molar refractivity (Wildman–Crippen MR) is 61.0 cm³/mol. The molecule has 0 bridgehead atoms. The van der Waals surface area contributed by atoms with E-state index in [1.807, 2.05) is 0 Å². The minimum absolute atomic E-state index is 0.189. The van der Waals surface area contributed by atoms with E-state index in [-0.39, 0.29) is 5.95 Å². The molecule has 2 N–H and O–H groups in total. The highest BCUT2D eigenvalue weighted by Gasteiger charge is 2.13. The van der Waals surface area contributed by atoms with E-state index in [2.05, 4.69) is 9.68 Å². The highest BCUT2D eigenvalue weighted by atomic mass is 16.5. The maximum Gasteiger partial charge on any atom is 0.443 e. The summed E-state index contributed by atoms with van der Waals surface area (Å²) in [7, 11) is 0. The maximum atomic E-state index is 11.2. The van der Waals surface area contributed by atoms with Crippen molar-refractivity contribution in [2.45, 2.75) is 51.5 Å². The van der Waals surface area contributed by atoms with Crippen LogP contribution in [0.5, 0.6) is 0 Å². The zero-order chi connectivity index (χ0) is 11.4. The summed E-state index contributed by atoms with van der Waals surface area (Å²) in [5, 5.41) is 3.43. The van der Waals surface area contributed by atoms with Gasteiger partial charge in [0.25, 0.3) is 0 Å². The summed E-state index contributed by atoms with van der Waals surface area (Å²) >= 11 is 0. The van der Waals surface area contributed by atoms with E-state index in [0.29, 0.717) is 6.54 Å². The number of rotatable bonds is 4. The minimum atomic E-state index is -0.443. The van der Waals surface area contributed by atoms with Crippen molar-refractivity contribution in [1.82, 2.24) is 9.72 Å². The molecule has 0 unspecified atom stereocenters. The summed E-state index contributed by atoms with van der Waals surface area (Å²) in [5.74, 6) is 0.584. The molecule has 0 aromatic carbocycles. The molecule has 1 saturated carbocycles. The van der Waals surface area contributed by atoms with Gasteiger partial charge in [0.2, 0.25) is 5.95 Å². The first kappa shape index (κ1) is 11.2. The summed E-state index contributed by atoms with van der Waals surface area (Å²) in [6.07, 6.45) is 8.95. The van der Waals surface area contributed by atoms with Crippen molar-refractivity contribution in [3.63, 3.8) is 0 Å². The van der Waals surface area contributed by atoms with E-state index in [1.165, 1.54) is 43.1 Å². The molecule has 0 aliphatic heterocycles. The molecule has 5 heteroatoms. The van der Waals surface area contributed by atoms with Gasteiger partial charge in [-0.15, -0.1) is 0 Å². The van der Waals surface area contributed by atoms with E-state index in [9.17, 15) is 4.79 Å². The highest BCUT2D eigenvalue weighted by molar-refractivity contribution is 5.11. The van der Waals surface area contributed by atoms with Crippen molar-refractivity contribution in [2.75, 3.05) is 5.73 Å². The van der Waals surface area contributed by atoms with Gasteiger partial charge in [0.1, 0.15) is 0 Å². The Kier molecular flexibility index (Phi) is 3.64. The summed E-state index contributed by atoms with van der Waals surface area (Å²) < 4.78 is 5.88. The molecular weight excluding hydrogens is 206 g/mol. The predicted octanol–water partition coefficient (Wildman–Crippen LogP) is 1.78. The first-order chi connectivity index (χ1) is 7.77. The van der Waals surface area contributed by atoms with Crippen LogP contribution in [0, 0.1) is 5.92 Å². The van der Waals surface area contributed by atoms with Gasteiger partial charge in [-0.05, 0) is 23.9 Å². The van der Waals surface area contributed by atoms with Crippen molar-refractivity contribution in [3.05, 3.63) is 10.6 Å². The van der Waals surface area contributed by atoms with Crippen LogP contribution in [-0.4, -0.2) is 9.72 Å². The lowest BCUT2D eigenvalue weighted by molar-refractivity contribution is 0.322. The third kappa shape index (κ3) is 2.65. The van der Waals surface area contributed by atoms with Gasteiger partial charge < -0.3 is 5.73 Å². The molecule has 1 heterocycles. The first-order valence-electron chi connectivity index (χ1n) is 6.09. The fraction of sp³-hybridized carbons (Fsp3) is 0.818. The average Bonchev–Trinajstić information content (AvgIpc) is 2.62. The quantitative estimate of drug-likeness (QED) is 0.847. The largest absolute Gasteiger partial charge is 0.443 e. The van der Waals surface area contributed by atoms with Gasteiger partial charge in [-0.1, -0.05) is 32.1 Å². The van der Waals surface area contributed by atoms with Crippen molar-refractivity contribution < 1.29 is 4.52 Å². The molecule has 1 aromatic rings. The van der Waals surface area contributed by atoms with Crippen molar-refractivity contribution in [3.8, 4) is 0 Å². The fourth-order valence-electron chi connectivity index (χ4n) is 2.50. The van der Waals surface area contributed by atoms with Gasteiger partial charge in [-0.25, -0.2) is 9.36 Å². The Bertz CT molecular complexity index is 377. The Morgan fingerprint density at radius 2 is 2.12 bits per heavy atom. The average molecular weight is 225 g/mol. The molecule has 1 fully saturated rings. The standard InChI is InChI=1S/C11H19N3O2/c12-10-13-16-11(15)14(10)8-4-7-9-5-2-1-3-6-9/h9H,1-8H2,(H2,12,13). The topological polar surface area (TPSA) is 74.1 Å². The number of hydrogen-bond acceptors (Lipinski definition) is 4. The van der Waals surface area contributed by atoms with Gasteiger partial charge in [0.05, 0.1) is 0 Å². The Morgan fingerprint density at radius 3 is 2.75 bits per heavy atom. The Labute approximate surface area is 94.6 Å². The SMILES string of the molecule is Nc1noc(=O)n1CCCC1CCCCC1. The van der Waals surface area contributed by atoms with Gasteiger partial charge in [-0.3, -0.25) is 4.52 Å². The van der Waals surface area contributed by atoms with Crippen LogP contribution < -0.4 is 11.5 Å². The van der Waals surface area contributed by atoms with E-state index < -0.39 is 5.76 Å². The van der Waals surface area contributed by atoms with Crippen LogP contribution in [-0.2, 0) is 6.54 Å². The molecule has 1 aromatic heterocycles. The molecule has 2 rings (SSSR count). The van der Waals surface area contributed by atoms with Gasteiger partial charge in [0.15, 0.2) is 0 Å². The number of aromatic nitrogens is 2. The lowest BCUT2D eigenvalue weighted by atomic mass is 9.86. The van der Waals surface area contributed by atoms with E-state index in [0.717, 1.165) is 12.3 Å². The molecule has 0 atom stereocenters. The smallest absolute Gasteiger partial charge is 0.367 e. The third-order valence-electron chi connectivity index (χ3n) is 3.43. The molecule has 1 aliphatic carbocycles. The van der Waals surface area contributed by atoms with Gasteiger partial charge in [0, 0.05) is 6.54 Å². The van der Waals surface area contributed by atoms with E-state index in [1.54, 1.807) is 0 Å². The Balaban J connectivity index is 1.77. The van der Waals surface area contributed by atoms with Gasteiger partial charge >= 0.3 is 5.76 Å². The number of anilines is 1. The Morgan fingerprint density at radius 1 is 1.38 bits per heavy atom.